The second kappa shape index (κ2) is 5.06. The lowest BCUT2D eigenvalue weighted by Crippen LogP contribution is -1.99. The second-order valence-electron chi connectivity index (χ2n) is 4.23. The maximum atomic E-state index is 5.29. The fraction of sp³-hybridized carbons (Fsp3) is 0.538. The van der Waals surface area contributed by atoms with Gasteiger partial charge in [0.1, 0.15) is 0 Å². The molecular weight excluding hydrogens is 188 g/mol. The number of methoxy groups -OCH3 is 2. The van der Waals surface area contributed by atoms with E-state index < -0.39 is 0 Å². The molecule has 0 bridgehead atoms. The average molecular weight is 208 g/mol. The minimum atomic E-state index is 0.654. The van der Waals surface area contributed by atoms with Crippen LogP contribution in [0.3, 0.4) is 0 Å². The summed E-state index contributed by atoms with van der Waals surface area (Å²) in [7, 11) is 3.34. The van der Waals surface area contributed by atoms with E-state index in [1.54, 1.807) is 14.2 Å². The third-order valence-corrected chi connectivity index (χ3v) is 2.47. The van der Waals surface area contributed by atoms with Gasteiger partial charge in [0.2, 0.25) is 0 Å². The van der Waals surface area contributed by atoms with E-state index in [1.807, 2.05) is 6.07 Å². The van der Waals surface area contributed by atoms with E-state index in [1.165, 1.54) is 11.1 Å². The van der Waals surface area contributed by atoms with Gasteiger partial charge in [-0.1, -0.05) is 13.8 Å². The van der Waals surface area contributed by atoms with Crippen LogP contribution in [0, 0.1) is 12.8 Å². The van der Waals surface area contributed by atoms with Crippen LogP contribution in [0.1, 0.15) is 25.0 Å². The molecule has 0 aliphatic rings. The van der Waals surface area contributed by atoms with Crippen LogP contribution in [0.4, 0.5) is 0 Å². The zero-order chi connectivity index (χ0) is 11.4. The smallest absolute Gasteiger partial charge is 0.161 e. The predicted octanol–water partition coefficient (Wildman–Crippen LogP) is 3.21. The average Bonchev–Trinajstić information content (AvgIpc) is 2.19. The largest absolute Gasteiger partial charge is 0.493 e. The van der Waals surface area contributed by atoms with Crippen molar-refractivity contribution in [3.8, 4) is 11.5 Å². The van der Waals surface area contributed by atoms with Crippen molar-refractivity contribution < 1.29 is 9.47 Å². The highest BCUT2D eigenvalue weighted by Gasteiger charge is 2.09. The minimum Gasteiger partial charge on any atom is -0.493 e. The first-order valence-electron chi connectivity index (χ1n) is 5.30. The topological polar surface area (TPSA) is 18.5 Å². The molecule has 0 atom stereocenters. The van der Waals surface area contributed by atoms with Gasteiger partial charge >= 0.3 is 0 Å². The van der Waals surface area contributed by atoms with Gasteiger partial charge in [0, 0.05) is 0 Å². The summed E-state index contributed by atoms with van der Waals surface area (Å²) in [5.41, 5.74) is 2.60. The van der Waals surface area contributed by atoms with Gasteiger partial charge in [0.25, 0.3) is 0 Å². The molecule has 0 heterocycles. The van der Waals surface area contributed by atoms with Crippen molar-refractivity contribution in [1.29, 1.82) is 0 Å². The lowest BCUT2D eigenvalue weighted by molar-refractivity contribution is 0.354. The molecular formula is C13H20O2. The van der Waals surface area contributed by atoms with Gasteiger partial charge in [-0.05, 0) is 42.5 Å². The predicted molar refractivity (Wildman–Crippen MR) is 62.8 cm³/mol. The molecule has 0 aliphatic heterocycles. The van der Waals surface area contributed by atoms with Crippen LogP contribution in [0.25, 0.3) is 0 Å². The lowest BCUT2D eigenvalue weighted by atomic mass is 9.98. The summed E-state index contributed by atoms with van der Waals surface area (Å²) in [5, 5.41) is 0. The number of hydrogen-bond acceptors (Lipinski definition) is 2. The Morgan fingerprint density at radius 1 is 1.07 bits per heavy atom. The molecule has 1 aromatic rings. The van der Waals surface area contributed by atoms with Crippen molar-refractivity contribution in [2.24, 2.45) is 5.92 Å². The lowest BCUT2D eigenvalue weighted by Gasteiger charge is -2.13. The maximum Gasteiger partial charge on any atom is 0.161 e. The SMILES string of the molecule is COc1cc(C)c(CC(C)C)cc1OC. The Hall–Kier alpha value is -1.18. The van der Waals surface area contributed by atoms with Crippen LogP contribution in [-0.2, 0) is 6.42 Å². The molecule has 0 radical (unpaired) electrons. The molecule has 0 aromatic heterocycles. The molecule has 84 valence electrons. The highest BCUT2D eigenvalue weighted by atomic mass is 16.5. The van der Waals surface area contributed by atoms with Gasteiger partial charge in [-0.3, -0.25) is 0 Å². The van der Waals surface area contributed by atoms with Crippen LogP contribution in [0.5, 0.6) is 11.5 Å². The van der Waals surface area contributed by atoms with E-state index in [0.717, 1.165) is 17.9 Å². The standard InChI is InChI=1S/C13H20O2/c1-9(2)6-11-8-13(15-5)12(14-4)7-10(11)3/h7-9H,6H2,1-5H3. The second-order valence-corrected chi connectivity index (χ2v) is 4.23. The quantitative estimate of drug-likeness (QED) is 0.756. The summed E-state index contributed by atoms with van der Waals surface area (Å²) < 4.78 is 10.5. The Kier molecular flexibility index (Phi) is 4.01. The van der Waals surface area contributed by atoms with E-state index in [9.17, 15) is 0 Å². The molecule has 0 saturated heterocycles. The van der Waals surface area contributed by atoms with Gasteiger partial charge < -0.3 is 9.47 Å². The van der Waals surface area contributed by atoms with Gasteiger partial charge in [-0.25, -0.2) is 0 Å². The first-order valence-corrected chi connectivity index (χ1v) is 5.30. The molecule has 0 unspecified atom stereocenters. The Labute approximate surface area is 92.2 Å². The van der Waals surface area contributed by atoms with Crippen LogP contribution in [0.15, 0.2) is 12.1 Å². The van der Waals surface area contributed by atoms with Crippen molar-refractivity contribution in [2.45, 2.75) is 27.2 Å². The molecule has 15 heavy (non-hydrogen) atoms. The molecule has 1 aromatic carbocycles. The summed E-state index contributed by atoms with van der Waals surface area (Å²) >= 11 is 0. The maximum absolute atomic E-state index is 5.29. The Bertz CT molecular complexity index is 330. The molecule has 0 amide bonds. The molecule has 0 aliphatic carbocycles. The summed E-state index contributed by atoms with van der Waals surface area (Å²) in [5.74, 6) is 2.28. The van der Waals surface area contributed by atoms with Crippen molar-refractivity contribution in [3.05, 3.63) is 23.3 Å². The first kappa shape index (κ1) is 11.9. The number of ether oxygens (including phenoxy) is 2. The highest BCUT2D eigenvalue weighted by Crippen LogP contribution is 2.31. The van der Waals surface area contributed by atoms with Crippen LogP contribution < -0.4 is 9.47 Å². The van der Waals surface area contributed by atoms with Crippen molar-refractivity contribution in [2.75, 3.05) is 14.2 Å². The van der Waals surface area contributed by atoms with Gasteiger partial charge in [0.15, 0.2) is 11.5 Å². The van der Waals surface area contributed by atoms with E-state index >= 15 is 0 Å². The summed E-state index contributed by atoms with van der Waals surface area (Å²) in [6.07, 6.45) is 1.08. The molecule has 1 rings (SSSR count). The number of hydrogen-bond donors (Lipinski definition) is 0. The van der Waals surface area contributed by atoms with Crippen molar-refractivity contribution >= 4 is 0 Å². The molecule has 2 heteroatoms. The molecule has 0 N–H and O–H groups in total. The van der Waals surface area contributed by atoms with E-state index in [4.69, 9.17) is 9.47 Å². The normalized spacial score (nSPS) is 10.5. The highest BCUT2D eigenvalue weighted by molar-refractivity contribution is 5.47. The zero-order valence-electron chi connectivity index (χ0n) is 10.3. The molecule has 2 nitrogen and oxygen atoms in total. The van der Waals surface area contributed by atoms with Crippen molar-refractivity contribution in [1.82, 2.24) is 0 Å². The Morgan fingerprint density at radius 2 is 1.60 bits per heavy atom. The molecule has 0 spiro atoms. The van der Waals surface area contributed by atoms with Crippen molar-refractivity contribution in [3.63, 3.8) is 0 Å². The first-order chi connectivity index (χ1) is 7.08. The molecule has 0 fully saturated rings. The van der Waals surface area contributed by atoms with E-state index in [2.05, 4.69) is 26.8 Å². The number of rotatable bonds is 4. The third kappa shape index (κ3) is 2.88. The van der Waals surface area contributed by atoms with E-state index in [0.29, 0.717) is 5.92 Å². The summed E-state index contributed by atoms with van der Waals surface area (Å²) in [6, 6.07) is 4.12. The van der Waals surface area contributed by atoms with E-state index in [-0.39, 0.29) is 0 Å². The third-order valence-electron chi connectivity index (χ3n) is 2.47. The van der Waals surface area contributed by atoms with Crippen LogP contribution in [0.2, 0.25) is 0 Å². The minimum absolute atomic E-state index is 0.654. The van der Waals surface area contributed by atoms with Crippen LogP contribution >= 0.6 is 0 Å². The summed E-state index contributed by atoms with van der Waals surface area (Å²) in [6.45, 7) is 6.55. The Balaban J connectivity index is 3.08. The summed E-state index contributed by atoms with van der Waals surface area (Å²) in [4.78, 5) is 0. The fourth-order valence-corrected chi connectivity index (χ4v) is 1.68. The van der Waals surface area contributed by atoms with Gasteiger partial charge in [-0.15, -0.1) is 0 Å². The monoisotopic (exact) mass is 208 g/mol. The number of aryl methyl sites for hydroxylation is 1. The van der Waals surface area contributed by atoms with Gasteiger partial charge in [-0.2, -0.15) is 0 Å². The number of benzene rings is 1. The molecule has 0 saturated carbocycles. The Morgan fingerprint density at radius 3 is 2.07 bits per heavy atom. The van der Waals surface area contributed by atoms with Gasteiger partial charge in [0.05, 0.1) is 14.2 Å². The zero-order valence-corrected chi connectivity index (χ0v) is 10.3. The fourth-order valence-electron chi connectivity index (χ4n) is 1.68. The van der Waals surface area contributed by atoms with Crippen LogP contribution in [-0.4, -0.2) is 14.2 Å².